The average Bonchev–Trinajstić information content (AvgIpc) is 2.78. The van der Waals surface area contributed by atoms with Gasteiger partial charge in [-0.05, 0) is 55.0 Å². The number of anilines is 2. The number of carbonyl (C=O) groups excluding carboxylic acids is 1. The quantitative estimate of drug-likeness (QED) is 0.472. The molecule has 0 aliphatic heterocycles. The standard InChI is InChI=1S/C23H21N5O3/c1-14-11-15(6-9-20(14)31-13-16-5-3-4-10-25-16)26-22-18-8-7-17(30-2)12-19(18)27-23(28-22)21(24)29/h3-12H,13H2,1-2H3,(H2,24,29)(H,26,27,28). The van der Waals surface area contributed by atoms with Gasteiger partial charge >= 0.3 is 0 Å². The van der Waals surface area contributed by atoms with Crippen molar-refractivity contribution in [3.05, 3.63) is 77.9 Å². The van der Waals surface area contributed by atoms with Crippen LogP contribution in [0.3, 0.4) is 0 Å². The maximum absolute atomic E-state index is 11.7. The summed E-state index contributed by atoms with van der Waals surface area (Å²) in [4.78, 5) is 24.5. The molecular formula is C23H21N5O3. The van der Waals surface area contributed by atoms with Crippen LogP contribution >= 0.6 is 0 Å². The Hall–Kier alpha value is -4.20. The van der Waals surface area contributed by atoms with Gasteiger partial charge in [0.05, 0.1) is 18.3 Å². The van der Waals surface area contributed by atoms with E-state index in [2.05, 4.69) is 20.3 Å². The first kappa shape index (κ1) is 20.1. The van der Waals surface area contributed by atoms with Gasteiger partial charge in [0.1, 0.15) is 23.9 Å². The molecule has 0 fully saturated rings. The molecule has 0 aliphatic rings. The zero-order chi connectivity index (χ0) is 21.8. The third kappa shape index (κ3) is 4.53. The molecule has 0 spiro atoms. The van der Waals surface area contributed by atoms with E-state index in [1.54, 1.807) is 25.4 Å². The monoisotopic (exact) mass is 415 g/mol. The molecule has 2 aromatic carbocycles. The van der Waals surface area contributed by atoms with Gasteiger partial charge in [-0.15, -0.1) is 0 Å². The van der Waals surface area contributed by atoms with Crippen molar-refractivity contribution < 1.29 is 14.3 Å². The van der Waals surface area contributed by atoms with Crippen molar-refractivity contribution in [2.75, 3.05) is 12.4 Å². The van der Waals surface area contributed by atoms with Gasteiger partial charge in [-0.2, -0.15) is 0 Å². The highest BCUT2D eigenvalue weighted by molar-refractivity contribution is 5.97. The Morgan fingerprint density at radius 3 is 2.68 bits per heavy atom. The molecule has 0 radical (unpaired) electrons. The molecule has 0 saturated carbocycles. The highest BCUT2D eigenvalue weighted by atomic mass is 16.5. The van der Waals surface area contributed by atoms with E-state index in [1.807, 2.05) is 49.4 Å². The van der Waals surface area contributed by atoms with E-state index in [9.17, 15) is 4.79 Å². The summed E-state index contributed by atoms with van der Waals surface area (Å²) in [5, 5.41) is 3.99. The maximum atomic E-state index is 11.7. The number of nitrogens with one attached hydrogen (secondary N) is 1. The van der Waals surface area contributed by atoms with Gasteiger partial charge in [-0.3, -0.25) is 9.78 Å². The summed E-state index contributed by atoms with van der Waals surface area (Å²) in [5.74, 6) is 1.07. The molecule has 156 valence electrons. The fourth-order valence-corrected chi connectivity index (χ4v) is 3.10. The lowest BCUT2D eigenvalue weighted by Crippen LogP contribution is -2.16. The lowest BCUT2D eigenvalue weighted by atomic mass is 10.2. The van der Waals surface area contributed by atoms with Gasteiger partial charge in [0, 0.05) is 23.3 Å². The fourth-order valence-electron chi connectivity index (χ4n) is 3.10. The molecule has 0 saturated heterocycles. The Balaban J connectivity index is 1.61. The van der Waals surface area contributed by atoms with Crippen molar-refractivity contribution in [3.63, 3.8) is 0 Å². The molecule has 4 aromatic rings. The lowest BCUT2D eigenvalue weighted by Gasteiger charge is -2.13. The Kier molecular flexibility index (Phi) is 5.61. The van der Waals surface area contributed by atoms with Gasteiger partial charge < -0.3 is 20.5 Å². The number of hydrogen-bond donors (Lipinski definition) is 2. The van der Waals surface area contributed by atoms with Crippen molar-refractivity contribution >= 4 is 28.3 Å². The number of nitrogens with zero attached hydrogens (tertiary/aromatic N) is 3. The van der Waals surface area contributed by atoms with Crippen molar-refractivity contribution in [1.29, 1.82) is 0 Å². The van der Waals surface area contributed by atoms with Gasteiger partial charge in [0.15, 0.2) is 0 Å². The number of fused-ring (bicyclic) bond motifs is 1. The van der Waals surface area contributed by atoms with Crippen LogP contribution in [-0.4, -0.2) is 28.0 Å². The van der Waals surface area contributed by atoms with Crippen LogP contribution < -0.4 is 20.5 Å². The van der Waals surface area contributed by atoms with Crippen molar-refractivity contribution in [2.24, 2.45) is 5.73 Å². The zero-order valence-electron chi connectivity index (χ0n) is 17.1. The van der Waals surface area contributed by atoms with Crippen LogP contribution in [0.1, 0.15) is 21.9 Å². The molecular weight excluding hydrogens is 394 g/mol. The van der Waals surface area contributed by atoms with Gasteiger partial charge in [0.25, 0.3) is 5.91 Å². The van der Waals surface area contributed by atoms with E-state index in [1.165, 1.54) is 0 Å². The number of aromatic nitrogens is 3. The smallest absolute Gasteiger partial charge is 0.286 e. The number of ether oxygens (including phenoxy) is 2. The predicted molar refractivity (Wildman–Crippen MR) is 118 cm³/mol. The number of aryl methyl sites for hydroxylation is 1. The normalized spacial score (nSPS) is 10.6. The molecule has 3 N–H and O–H groups in total. The molecule has 8 heteroatoms. The first-order chi connectivity index (χ1) is 15.0. The van der Waals surface area contributed by atoms with E-state index < -0.39 is 5.91 Å². The third-order valence-corrected chi connectivity index (χ3v) is 4.66. The SMILES string of the molecule is COc1ccc2c(Nc3ccc(OCc4ccccn4)c(C)c3)nc(C(N)=O)nc2c1. The Bertz CT molecular complexity index is 1240. The van der Waals surface area contributed by atoms with E-state index in [0.29, 0.717) is 23.7 Å². The predicted octanol–water partition coefficient (Wildman–Crippen LogP) is 3.76. The number of amides is 1. The zero-order valence-corrected chi connectivity index (χ0v) is 17.1. The summed E-state index contributed by atoms with van der Waals surface area (Å²) in [6, 6.07) is 16.8. The molecule has 8 nitrogen and oxygen atoms in total. The number of pyridine rings is 1. The Morgan fingerprint density at radius 2 is 1.97 bits per heavy atom. The molecule has 1 amide bonds. The summed E-state index contributed by atoms with van der Waals surface area (Å²) in [7, 11) is 1.57. The molecule has 2 heterocycles. The highest BCUT2D eigenvalue weighted by Gasteiger charge is 2.13. The molecule has 4 rings (SSSR count). The first-order valence-electron chi connectivity index (χ1n) is 9.59. The minimum absolute atomic E-state index is 0.0738. The van der Waals surface area contributed by atoms with Gasteiger partial charge in [0.2, 0.25) is 5.82 Å². The van der Waals surface area contributed by atoms with Crippen molar-refractivity contribution in [3.8, 4) is 11.5 Å². The second kappa shape index (κ2) is 8.66. The lowest BCUT2D eigenvalue weighted by molar-refractivity contribution is 0.0991. The average molecular weight is 415 g/mol. The fraction of sp³-hybridized carbons (Fsp3) is 0.130. The second-order valence-corrected chi connectivity index (χ2v) is 6.86. The number of carbonyl (C=O) groups is 1. The van der Waals surface area contributed by atoms with Gasteiger partial charge in [-0.25, -0.2) is 9.97 Å². The third-order valence-electron chi connectivity index (χ3n) is 4.66. The molecule has 0 aliphatic carbocycles. The van der Waals surface area contributed by atoms with Crippen LogP contribution in [-0.2, 0) is 6.61 Å². The highest BCUT2D eigenvalue weighted by Crippen LogP contribution is 2.29. The van der Waals surface area contributed by atoms with E-state index in [4.69, 9.17) is 15.2 Å². The van der Waals surface area contributed by atoms with Gasteiger partial charge in [-0.1, -0.05) is 6.07 Å². The molecule has 0 bridgehead atoms. The van der Waals surface area contributed by atoms with Crippen molar-refractivity contribution in [1.82, 2.24) is 15.0 Å². The van der Waals surface area contributed by atoms with Crippen LogP contribution in [0.25, 0.3) is 10.9 Å². The number of benzene rings is 2. The topological polar surface area (TPSA) is 112 Å². The Morgan fingerprint density at radius 1 is 1.10 bits per heavy atom. The number of rotatable bonds is 7. The van der Waals surface area contributed by atoms with E-state index >= 15 is 0 Å². The summed E-state index contributed by atoms with van der Waals surface area (Å²) < 4.78 is 11.1. The van der Waals surface area contributed by atoms with Crippen LogP contribution in [0.15, 0.2) is 60.8 Å². The summed E-state index contributed by atoms with van der Waals surface area (Å²) in [6.07, 6.45) is 1.74. The Labute approximate surface area is 179 Å². The summed E-state index contributed by atoms with van der Waals surface area (Å²) >= 11 is 0. The largest absolute Gasteiger partial charge is 0.497 e. The first-order valence-corrected chi connectivity index (χ1v) is 9.59. The number of primary amides is 1. The van der Waals surface area contributed by atoms with Crippen LogP contribution in [0.5, 0.6) is 11.5 Å². The molecule has 2 aromatic heterocycles. The molecule has 31 heavy (non-hydrogen) atoms. The van der Waals surface area contributed by atoms with Crippen LogP contribution in [0, 0.1) is 6.92 Å². The van der Waals surface area contributed by atoms with Crippen molar-refractivity contribution in [2.45, 2.75) is 13.5 Å². The number of methoxy groups -OCH3 is 1. The summed E-state index contributed by atoms with van der Waals surface area (Å²) in [5.41, 5.74) is 8.55. The number of hydrogen-bond acceptors (Lipinski definition) is 7. The molecule has 0 atom stereocenters. The minimum Gasteiger partial charge on any atom is -0.497 e. The van der Waals surface area contributed by atoms with Crippen LogP contribution in [0.2, 0.25) is 0 Å². The molecule has 0 unspecified atom stereocenters. The van der Waals surface area contributed by atoms with E-state index in [0.717, 1.165) is 28.1 Å². The minimum atomic E-state index is -0.706. The van der Waals surface area contributed by atoms with E-state index in [-0.39, 0.29) is 5.82 Å². The van der Waals surface area contributed by atoms with Crippen LogP contribution in [0.4, 0.5) is 11.5 Å². The summed E-state index contributed by atoms with van der Waals surface area (Å²) in [6.45, 7) is 2.34. The maximum Gasteiger partial charge on any atom is 0.286 e. The number of nitrogens with two attached hydrogens (primary N) is 1. The second-order valence-electron chi connectivity index (χ2n) is 6.86.